The average Bonchev–Trinajstić information content (AvgIpc) is 3.40. The number of allylic oxidation sites excluding steroid dienone is 10. The molecule has 0 saturated carbocycles. The minimum atomic E-state index is -0.769. The zero-order chi connectivity index (χ0) is 53.6. The molecule has 6 heteroatoms. The quantitative estimate of drug-likeness (QED) is 0.0261. The van der Waals surface area contributed by atoms with Gasteiger partial charge in [-0.25, -0.2) is 0 Å². The van der Waals surface area contributed by atoms with Crippen molar-refractivity contribution in [2.24, 2.45) is 0 Å². The summed E-state index contributed by atoms with van der Waals surface area (Å²) in [5.41, 5.74) is 0. The molecule has 1 atom stereocenters. The van der Waals surface area contributed by atoms with Crippen LogP contribution in [-0.4, -0.2) is 37.2 Å². The number of ether oxygens (including phenoxy) is 3. The summed E-state index contributed by atoms with van der Waals surface area (Å²) in [5, 5.41) is 0. The Morgan fingerprint density at radius 1 is 0.284 bits per heavy atom. The van der Waals surface area contributed by atoms with Gasteiger partial charge < -0.3 is 14.2 Å². The first-order valence-corrected chi connectivity index (χ1v) is 32.3. The predicted molar refractivity (Wildman–Crippen MR) is 321 cm³/mol. The van der Waals surface area contributed by atoms with Gasteiger partial charge in [-0.2, -0.15) is 0 Å². The van der Waals surface area contributed by atoms with Crippen LogP contribution in [0, 0.1) is 0 Å². The molecule has 430 valence electrons. The number of rotatable bonds is 59. The average molecular weight is 1040 g/mol. The summed E-state index contributed by atoms with van der Waals surface area (Å²) in [7, 11) is 0. The molecule has 0 N–H and O–H groups in total. The summed E-state index contributed by atoms with van der Waals surface area (Å²) in [6.45, 7) is 6.57. The summed E-state index contributed by atoms with van der Waals surface area (Å²) >= 11 is 0. The number of hydrogen-bond acceptors (Lipinski definition) is 6. The van der Waals surface area contributed by atoms with Crippen molar-refractivity contribution in [3.05, 3.63) is 60.8 Å². The van der Waals surface area contributed by atoms with Crippen molar-refractivity contribution in [3.8, 4) is 0 Å². The molecule has 74 heavy (non-hydrogen) atoms. The lowest BCUT2D eigenvalue weighted by atomic mass is 10.0. The van der Waals surface area contributed by atoms with Gasteiger partial charge in [-0.15, -0.1) is 0 Å². The SMILES string of the molecule is CC/C=C\C/C=C\C/C=C\C/C=C\C/C=C\CCCCCCCCCCCCCCCC(=O)OCC(COC(=O)CCCCCCCCCCCCC)OC(=O)CCCCCCCCCCCCCCCCCC. The van der Waals surface area contributed by atoms with Crippen molar-refractivity contribution >= 4 is 17.9 Å². The molecular formula is C68H122O6. The molecule has 0 fully saturated rings. The van der Waals surface area contributed by atoms with Crippen molar-refractivity contribution < 1.29 is 28.6 Å². The molecule has 0 aromatic heterocycles. The van der Waals surface area contributed by atoms with E-state index in [9.17, 15) is 14.4 Å². The summed E-state index contributed by atoms with van der Waals surface area (Å²) in [4.78, 5) is 38.2. The van der Waals surface area contributed by atoms with E-state index in [1.807, 2.05) is 0 Å². The highest BCUT2D eigenvalue weighted by Crippen LogP contribution is 2.17. The van der Waals surface area contributed by atoms with Crippen LogP contribution >= 0.6 is 0 Å². The molecule has 0 aliphatic heterocycles. The third-order valence-corrected chi connectivity index (χ3v) is 14.3. The van der Waals surface area contributed by atoms with Gasteiger partial charge in [-0.3, -0.25) is 14.4 Å². The van der Waals surface area contributed by atoms with Crippen LogP contribution in [0.25, 0.3) is 0 Å². The molecule has 0 radical (unpaired) electrons. The van der Waals surface area contributed by atoms with Crippen molar-refractivity contribution in [2.75, 3.05) is 13.2 Å². The van der Waals surface area contributed by atoms with Crippen molar-refractivity contribution in [1.82, 2.24) is 0 Å². The summed E-state index contributed by atoms with van der Waals surface area (Å²) < 4.78 is 16.9. The number of esters is 3. The van der Waals surface area contributed by atoms with E-state index in [0.29, 0.717) is 19.3 Å². The Hall–Kier alpha value is -2.89. The zero-order valence-electron chi connectivity index (χ0n) is 49.4. The van der Waals surface area contributed by atoms with Crippen LogP contribution in [0.15, 0.2) is 60.8 Å². The van der Waals surface area contributed by atoms with Gasteiger partial charge in [0.25, 0.3) is 0 Å². The lowest BCUT2D eigenvalue weighted by molar-refractivity contribution is -0.167. The summed E-state index contributed by atoms with van der Waals surface area (Å²) in [6.07, 6.45) is 79.5. The number of carbonyl (C=O) groups excluding carboxylic acids is 3. The fraction of sp³-hybridized carbons (Fsp3) is 0.809. The van der Waals surface area contributed by atoms with Crippen LogP contribution in [-0.2, 0) is 28.6 Å². The molecule has 0 saturated heterocycles. The topological polar surface area (TPSA) is 78.9 Å². The van der Waals surface area contributed by atoms with Crippen LogP contribution in [0.2, 0.25) is 0 Å². The second-order valence-electron chi connectivity index (χ2n) is 21.7. The molecule has 0 aromatic carbocycles. The van der Waals surface area contributed by atoms with Gasteiger partial charge in [0.1, 0.15) is 13.2 Å². The Kier molecular flexibility index (Phi) is 60.2. The summed E-state index contributed by atoms with van der Waals surface area (Å²) in [5.74, 6) is -0.850. The molecule has 0 aromatic rings. The van der Waals surface area contributed by atoms with Crippen molar-refractivity contribution in [3.63, 3.8) is 0 Å². The van der Waals surface area contributed by atoms with Gasteiger partial charge in [0, 0.05) is 19.3 Å². The normalized spacial score (nSPS) is 12.4. The van der Waals surface area contributed by atoms with Crippen LogP contribution in [0.4, 0.5) is 0 Å². The van der Waals surface area contributed by atoms with Gasteiger partial charge in [0.05, 0.1) is 0 Å². The first-order valence-electron chi connectivity index (χ1n) is 32.3. The second-order valence-corrected chi connectivity index (χ2v) is 21.7. The van der Waals surface area contributed by atoms with E-state index in [4.69, 9.17) is 14.2 Å². The molecule has 0 aliphatic rings. The lowest BCUT2D eigenvalue weighted by Crippen LogP contribution is -2.30. The second kappa shape index (κ2) is 62.6. The number of hydrogen-bond donors (Lipinski definition) is 0. The van der Waals surface area contributed by atoms with Gasteiger partial charge >= 0.3 is 17.9 Å². The highest BCUT2D eigenvalue weighted by molar-refractivity contribution is 5.71. The van der Waals surface area contributed by atoms with E-state index in [0.717, 1.165) is 89.9 Å². The van der Waals surface area contributed by atoms with E-state index in [1.165, 1.54) is 205 Å². The van der Waals surface area contributed by atoms with E-state index < -0.39 is 6.10 Å². The van der Waals surface area contributed by atoms with Gasteiger partial charge in [-0.05, 0) is 64.2 Å². The minimum Gasteiger partial charge on any atom is -0.462 e. The van der Waals surface area contributed by atoms with Gasteiger partial charge in [0.15, 0.2) is 6.10 Å². The van der Waals surface area contributed by atoms with E-state index in [-0.39, 0.29) is 31.1 Å². The first kappa shape index (κ1) is 71.1. The fourth-order valence-corrected chi connectivity index (χ4v) is 9.47. The molecule has 0 amide bonds. The van der Waals surface area contributed by atoms with Crippen LogP contribution in [0.3, 0.4) is 0 Å². The van der Waals surface area contributed by atoms with E-state index in [1.54, 1.807) is 0 Å². The Labute approximate surface area is 460 Å². The van der Waals surface area contributed by atoms with E-state index in [2.05, 4.69) is 81.5 Å². The van der Waals surface area contributed by atoms with Crippen LogP contribution in [0.1, 0.15) is 335 Å². The van der Waals surface area contributed by atoms with Crippen LogP contribution in [0.5, 0.6) is 0 Å². The summed E-state index contributed by atoms with van der Waals surface area (Å²) in [6, 6.07) is 0. The smallest absolute Gasteiger partial charge is 0.306 e. The third-order valence-electron chi connectivity index (χ3n) is 14.3. The maximum Gasteiger partial charge on any atom is 0.306 e. The standard InChI is InChI=1S/C68H122O6/c1-4-7-10-13-16-19-22-24-26-28-29-30-31-32-33-34-35-36-37-38-39-40-42-43-46-49-52-55-58-61-67(70)73-64-65(63-72-66(69)60-57-54-51-48-45-21-18-15-12-9-6-3)74-68(71)62-59-56-53-50-47-44-41-27-25-23-20-17-14-11-8-5-2/h7,10,16,19,24,26,29-30,32-33,65H,4-6,8-9,11-15,17-18,20-23,25,27-28,31,34-64H2,1-3H3/b10-7-,19-16-,26-24-,30-29-,33-32-. The van der Waals surface area contributed by atoms with Crippen LogP contribution < -0.4 is 0 Å². The predicted octanol–water partition coefficient (Wildman–Crippen LogP) is 21.9. The monoisotopic (exact) mass is 1030 g/mol. The molecule has 0 aliphatic carbocycles. The highest BCUT2D eigenvalue weighted by Gasteiger charge is 2.19. The number of unbranched alkanes of at least 4 members (excludes halogenated alkanes) is 38. The van der Waals surface area contributed by atoms with E-state index >= 15 is 0 Å². The Balaban J connectivity index is 4.17. The molecule has 0 heterocycles. The van der Waals surface area contributed by atoms with Crippen molar-refractivity contribution in [2.45, 2.75) is 341 Å². The maximum atomic E-state index is 12.9. The molecule has 6 nitrogen and oxygen atoms in total. The highest BCUT2D eigenvalue weighted by atomic mass is 16.6. The molecule has 0 rings (SSSR count). The minimum absolute atomic E-state index is 0.0682. The van der Waals surface area contributed by atoms with Crippen molar-refractivity contribution in [1.29, 1.82) is 0 Å². The lowest BCUT2D eigenvalue weighted by Gasteiger charge is -2.18. The maximum absolute atomic E-state index is 12.9. The van der Waals surface area contributed by atoms with Gasteiger partial charge in [-0.1, -0.05) is 313 Å². The van der Waals surface area contributed by atoms with Gasteiger partial charge in [0.2, 0.25) is 0 Å². The third kappa shape index (κ3) is 60.0. The Morgan fingerprint density at radius 2 is 0.527 bits per heavy atom. The fourth-order valence-electron chi connectivity index (χ4n) is 9.47. The molecule has 1 unspecified atom stereocenters. The Morgan fingerprint density at radius 3 is 0.824 bits per heavy atom. The zero-order valence-corrected chi connectivity index (χ0v) is 49.4. The Bertz CT molecular complexity index is 1330. The molecule has 0 bridgehead atoms. The molecular weight excluding hydrogens is 913 g/mol. The number of carbonyl (C=O) groups is 3. The molecule has 0 spiro atoms. The largest absolute Gasteiger partial charge is 0.462 e. The first-order chi connectivity index (χ1) is 36.5.